The molecule has 0 atom stereocenters. The molecular weight excluding hydrogens is 274 g/mol. The smallest absolute Gasteiger partial charge is 0.281 e. The summed E-state index contributed by atoms with van der Waals surface area (Å²) in [6, 6.07) is 3.16. The van der Waals surface area contributed by atoms with Gasteiger partial charge in [0.05, 0.1) is 0 Å². The molecule has 0 unspecified atom stereocenters. The zero-order valence-electron chi connectivity index (χ0n) is 9.49. The second-order valence-corrected chi connectivity index (χ2v) is 5.85. The maximum atomic E-state index is 11.9. The Balaban J connectivity index is 2.19. The van der Waals surface area contributed by atoms with E-state index in [-0.39, 0.29) is 10.2 Å². The zero-order chi connectivity index (χ0) is 13.0. The molecule has 96 valence electrons. The van der Waals surface area contributed by atoms with Crippen LogP contribution < -0.4 is 10.0 Å². The Morgan fingerprint density at radius 3 is 2.78 bits per heavy atom. The number of rotatable bonds is 5. The number of pyridine rings is 1. The van der Waals surface area contributed by atoms with Crippen LogP contribution in [0.25, 0.3) is 0 Å². The fourth-order valence-electron chi connectivity index (χ4n) is 1.26. The normalized spacial score (nSPS) is 11.4. The Hall–Kier alpha value is -1.58. The van der Waals surface area contributed by atoms with Crippen LogP contribution in [0.5, 0.6) is 0 Å². The zero-order valence-corrected chi connectivity index (χ0v) is 11.1. The summed E-state index contributed by atoms with van der Waals surface area (Å²) < 4.78 is 26.1. The van der Waals surface area contributed by atoms with Crippen molar-refractivity contribution in [3.8, 4) is 0 Å². The van der Waals surface area contributed by atoms with Gasteiger partial charge in [0.2, 0.25) is 5.13 Å². The largest absolute Gasteiger partial charge is 0.316 e. The van der Waals surface area contributed by atoms with Crippen LogP contribution >= 0.6 is 11.3 Å². The quantitative estimate of drug-likeness (QED) is 0.828. The standard InChI is InChI=1S/C9H11N5O2S2/c1-10-4-7-2-3-8(11-5-7)18(15,16)14-9-13-12-6-17-9/h2-3,5-6,10H,4H2,1H3,(H,13,14). The second-order valence-electron chi connectivity index (χ2n) is 3.38. The number of aromatic nitrogens is 3. The van der Waals surface area contributed by atoms with E-state index in [1.54, 1.807) is 6.07 Å². The van der Waals surface area contributed by atoms with E-state index in [4.69, 9.17) is 0 Å². The van der Waals surface area contributed by atoms with E-state index in [2.05, 4.69) is 25.2 Å². The van der Waals surface area contributed by atoms with Gasteiger partial charge in [0.15, 0.2) is 5.03 Å². The lowest BCUT2D eigenvalue weighted by molar-refractivity contribution is 0.597. The minimum atomic E-state index is -3.69. The summed E-state index contributed by atoms with van der Waals surface area (Å²) in [6.07, 6.45) is 1.52. The molecule has 9 heteroatoms. The van der Waals surface area contributed by atoms with Crippen molar-refractivity contribution in [1.82, 2.24) is 20.5 Å². The third kappa shape index (κ3) is 3.00. The average molecular weight is 285 g/mol. The van der Waals surface area contributed by atoms with Crippen LogP contribution in [0.1, 0.15) is 5.56 Å². The monoisotopic (exact) mass is 285 g/mol. The lowest BCUT2D eigenvalue weighted by Gasteiger charge is -2.04. The lowest BCUT2D eigenvalue weighted by atomic mass is 10.3. The predicted molar refractivity (Wildman–Crippen MR) is 67.7 cm³/mol. The summed E-state index contributed by atoms with van der Waals surface area (Å²) in [6.45, 7) is 0.636. The summed E-state index contributed by atoms with van der Waals surface area (Å²) in [7, 11) is -1.88. The van der Waals surface area contributed by atoms with Gasteiger partial charge < -0.3 is 5.32 Å². The Morgan fingerprint density at radius 1 is 1.39 bits per heavy atom. The highest BCUT2D eigenvalue weighted by Gasteiger charge is 2.17. The summed E-state index contributed by atoms with van der Waals surface area (Å²) in [5.41, 5.74) is 2.36. The lowest BCUT2D eigenvalue weighted by Crippen LogP contribution is -2.15. The van der Waals surface area contributed by atoms with E-state index in [1.807, 2.05) is 7.05 Å². The maximum absolute atomic E-state index is 11.9. The number of sulfonamides is 1. The van der Waals surface area contributed by atoms with Crippen molar-refractivity contribution in [2.24, 2.45) is 0 Å². The van der Waals surface area contributed by atoms with Crippen LogP contribution in [0.4, 0.5) is 5.13 Å². The molecule has 0 aliphatic heterocycles. The molecule has 2 aromatic rings. The van der Waals surface area contributed by atoms with Gasteiger partial charge in [-0.1, -0.05) is 17.4 Å². The van der Waals surface area contributed by atoms with E-state index >= 15 is 0 Å². The fourth-order valence-corrected chi connectivity index (χ4v) is 2.89. The number of nitrogens with one attached hydrogen (secondary N) is 2. The van der Waals surface area contributed by atoms with Gasteiger partial charge in [-0.15, -0.1) is 10.2 Å². The van der Waals surface area contributed by atoms with Crippen LogP contribution in [0.2, 0.25) is 0 Å². The highest BCUT2D eigenvalue weighted by atomic mass is 32.2. The molecule has 0 fully saturated rings. The van der Waals surface area contributed by atoms with Crippen molar-refractivity contribution in [3.63, 3.8) is 0 Å². The van der Waals surface area contributed by atoms with E-state index < -0.39 is 10.0 Å². The third-order valence-corrected chi connectivity index (χ3v) is 4.03. The molecule has 0 radical (unpaired) electrons. The van der Waals surface area contributed by atoms with Crippen LogP contribution in [0.15, 0.2) is 28.9 Å². The van der Waals surface area contributed by atoms with Crippen molar-refractivity contribution in [1.29, 1.82) is 0 Å². The molecule has 0 spiro atoms. The highest BCUT2D eigenvalue weighted by molar-refractivity contribution is 7.92. The predicted octanol–water partition coefficient (Wildman–Crippen LogP) is 0.453. The first-order valence-corrected chi connectivity index (χ1v) is 7.36. The van der Waals surface area contributed by atoms with E-state index in [9.17, 15) is 8.42 Å². The molecule has 0 amide bonds. The first-order chi connectivity index (χ1) is 8.62. The molecule has 2 aromatic heterocycles. The number of nitrogens with zero attached hydrogens (tertiary/aromatic N) is 3. The highest BCUT2D eigenvalue weighted by Crippen LogP contribution is 2.15. The average Bonchev–Trinajstić information content (AvgIpc) is 2.82. The van der Waals surface area contributed by atoms with Gasteiger partial charge in [0.25, 0.3) is 10.0 Å². The first-order valence-electron chi connectivity index (χ1n) is 5.00. The molecular formula is C9H11N5O2S2. The SMILES string of the molecule is CNCc1ccc(S(=O)(=O)Nc2nncs2)nc1. The molecule has 2 N–H and O–H groups in total. The molecule has 0 aliphatic carbocycles. The van der Waals surface area contributed by atoms with Gasteiger partial charge in [-0.05, 0) is 18.7 Å². The first kappa shape index (κ1) is 12.9. The van der Waals surface area contributed by atoms with E-state index in [1.165, 1.54) is 17.8 Å². The van der Waals surface area contributed by atoms with Crippen LogP contribution in [-0.4, -0.2) is 30.6 Å². The molecule has 0 saturated carbocycles. The Bertz CT molecular complexity index is 594. The van der Waals surface area contributed by atoms with Gasteiger partial charge in [-0.3, -0.25) is 4.72 Å². The molecule has 18 heavy (non-hydrogen) atoms. The van der Waals surface area contributed by atoms with Crippen LogP contribution in [0.3, 0.4) is 0 Å². The summed E-state index contributed by atoms with van der Waals surface area (Å²) in [5, 5.41) is 10.3. The Labute approximate surface area is 108 Å². The second kappa shape index (κ2) is 5.38. The van der Waals surface area contributed by atoms with Gasteiger partial charge in [0.1, 0.15) is 5.51 Å². The summed E-state index contributed by atoms with van der Waals surface area (Å²) >= 11 is 1.11. The molecule has 2 rings (SSSR count). The van der Waals surface area contributed by atoms with Crippen LogP contribution in [0, 0.1) is 0 Å². The van der Waals surface area contributed by atoms with Crippen molar-refractivity contribution < 1.29 is 8.42 Å². The molecule has 7 nitrogen and oxygen atoms in total. The van der Waals surface area contributed by atoms with Crippen molar-refractivity contribution in [3.05, 3.63) is 29.4 Å². The molecule has 2 heterocycles. The molecule has 0 bridgehead atoms. The van der Waals surface area contributed by atoms with Gasteiger partial charge in [-0.2, -0.15) is 8.42 Å². The minimum absolute atomic E-state index is 0.0439. The van der Waals surface area contributed by atoms with E-state index in [0.717, 1.165) is 16.9 Å². The van der Waals surface area contributed by atoms with Crippen molar-refractivity contribution in [2.75, 3.05) is 11.8 Å². The third-order valence-electron chi connectivity index (χ3n) is 2.04. The van der Waals surface area contributed by atoms with Gasteiger partial charge >= 0.3 is 0 Å². The summed E-state index contributed by atoms with van der Waals surface area (Å²) in [4.78, 5) is 3.92. The molecule has 0 aliphatic rings. The number of hydrogen-bond donors (Lipinski definition) is 2. The number of anilines is 1. The number of hydrogen-bond acceptors (Lipinski definition) is 7. The van der Waals surface area contributed by atoms with E-state index in [0.29, 0.717) is 6.54 Å². The fraction of sp³-hybridized carbons (Fsp3) is 0.222. The Kier molecular flexibility index (Phi) is 3.84. The van der Waals surface area contributed by atoms with Crippen molar-refractivity contribution >= 4 is 26.5 Å². The van der Waals surface area contributed by atoms with Gasteiger partial charge in [0, 0.05) is 12.7 Å². The van der Waals surface area contributed by atoms with Gasteiger partial charge in [-0.25, -0.2) is 4.98 Å². The van der Waals surface area contributed by atoms with Crippen LogP contribution in [-0.2, 0) is 16.6 Å². The van der Waals surface area contributed by atoms with Crippen molar-refractivity contribution in [2.45, 2.75) is 11.6 Å². The molecule has 0 saturated heterocycles. The minimum Gasteiger partial charge on any atom is -0.316 e. The summed E-state index contributed by atoms with van der Waals surface area (Å²) in [5.74, 6) is 0. The maximum Gasteiger partial charge on any atom is 0.281 e. The molecule has 0 aromatic carbocycles. The topological polar surface area (TPSA) is 96.9 Å². The Morgan fingerprint density at radius 2 is 2.22 bits per heavy atom.